The molecule has 0 atom stereocenters. The minimum atomic E-state index is -0.470. The van der Waals surface area contributed by atoms with Gasteiger partial charge in [-0.05, 0) is 73.2 Å². The molecule has 0 fully saturated rings. The largest absolute Gasteiger partial charge is 0.497 e. The Kier molecular flexibility index (Phi) is 8.09. The molecule has 3 aromatic carbocycles. The van der Waals surface area contributed by atoms with Gasteiger partial charge in [-0.1, -0.05) is 30.0 Å². The molecule has 9 nitrogen and oxygen atoms in total. The standard InChI is InChI=1S/C26H23N5O4S/c1-18-28-30-26(31(18)21-6-4-3-5-7-21)36-17-24(32)29-27-16-19-8-12-23(13-9-19)35-25(33)20-10-14-22(34-2)15-11-20/h3-16H,17H2,1-2H3,(H,29,32)/b27-16-. The monoisotopic (exact) mass is 501 g/mol. The Balaban J connectivity index is 1.26. The number of aromatic nitrogens is 3. The van der Waals surface area contributed by atoms with E-state index in [2.05, 4.69) is 20.7 Å². The number of hydrazone groups is 1. The first-order valence-electron chi connectivity index (χ1n) is 10.9. The fraction of sp³-hybridized carbons (Fsp3) is 0.115. The lowest BCUT2D eigenvalue weighted by atomic mass is 10.2. The molecule has 4 aromatic rings. The molecule has 36 heavy (non-hydrogen) atoms. The summed E-state index contributed by atoms with van der Waals surface area (Å²) in [6.07, 6.45) is 1.51. The zero-order chi connectivity index (χ0) is 25.3. The number of aryl methyl sites for hydroxylation is 1. The molecule has 1 N–H and O–H groups in total. The van der Waals surface area contributed by atoms with Gasteiger partial charge in [-0.3, -0.25) is 9.36 Å². The van der Waals surface area contributed by atoms with Crippen LogP contribution in [0, 0.1) is 6.92 Å². The number of rotatable bonds is 9. The predicted octanol–water partition coefficient (Wildman–Crippen LogP) is 4.05. The van der Waals surface area contributed by atoms with Crippen LogP contribution in [0.5, 0.6) is 11.5 Å². The highest BCUT2D eigenvalue weighted by Crippen LogP contribution is 2.21. The summed E-state index contributed by atoms with van der Waals surface area (Å²) in [5.74, 6) is 1.17. The number of ether oxygens (including phenoxy) is 2. The number of hydrogen-bond acceptors (Lipinski definition) is 8. The van der Waals surface area contributed by atoms with E-state index in [-0.39, 0.29) is 11.7 Å². The first-order chi connectivity index (χ1) is 17.5. The predicted molar refractivity (Wildman–Crippen MR) is 137 cm³/mol. The minimum Gasteiger partial charge on any atom is -0.497 e. The fourth-order valence-electron chi connectivity index (χ4n) is 3.17. The summed E-state index contributed by atoms with van der Waals surface area (Å²) in [5, 5.41) is 12.9. The molecule has 0 radical (unpaired) electrons. The maximum absolute atomic E-state index is 12.3. The zero-order valence-electron chi connectivity index (χ0n) is 19.6. The van der Waals surface area contributed by atoms with Gasteiger partial charge in [-0.2, -0.15) is 5.10 Å². The lowest BCUT2D eigenvalue weighted by Gasteiger charge is -2.07. The normalized spacial score (nSPS) is 10.8. The van der Waals surface area contributed by atoms with Gasteiger partial charge in [0.25, 0.3) is 5.91 Å². The van der Waals surface area contributed by atoms with Crippen LogP contribution in [0.3, 0.4) is 0 Å². The lowest BCUT2D eigenvalue weighted by Crippen LogP contribution is -2.20. The first-order valence-corrected chi connectivity index (χ1v) is 11.9. The Morgan fingerprint density at radius 1 is 0.972 bits per heavy atom. The van der Waals surface area contributed by atoms with E-state index in [0.29, 0.717) is 22.2 Å². The molecule has 0 saturated heterocycles. The van der Waals surface area contributed by atoms with Crippen LogP contribution in [0.2, 0.25) is 0 Å². The van der Waals surface area contributed by atoms with Crippen LogP contribution in [0.4, 0.5) is 0 Å². The third-order valence-electron chi connectivity index (χ3n) is 4.96. The van der Waals surface area contributed by atoms with Gasteiger partial charge in [0.2, 0.25) is 0 Å². The molecule has 4 rings (SSSR count). The van der Waals surface area contributed by atoms with E-state index in [1.165, 1.54) is 18.0 Å². The highest BCUT2D eigenvalue weighted by atomic mass is 32.2. The zero-order valence-corrected chi connectivity index (χ0v) is 20.4. The van der Waals surface area contributed by atoms with Gasteiger partial charge in [-0.25, -0.2) is 10.2 Å². The second kappa shape index (κ2) is 11.8. The molecule has 1 aromatic heterocycles. The molecular weight excluding hydrogens is 478 g/mol. The highest BCUT2D eigenvalue weighted by Gasteiger charge is 2.13. The Morgan fingerprint density at radius 2 is 1.67 bits per heavy atom. The third-order valence-corrected chi connectivity index (χ3v) is 5.89. The number of amides is 1. The lowest BCUT2D eigenvalue weighted by molar-refractivity contribution is -0.118. The minimum absolute atomic E-state index is 0.128. The topological polar surface area (TPSA) is 108 Å². The average molecular weight is 502 g/mol. The second-order valence-corrected chi connectivity index (χ2v) is 8.41. The molecule has 1 heterocycles. The Bertz CT molecular complexity index is 1350. The quantitative estimate of drug-likeness (QED) is 0.121. The van der Waals surface area contributed by atoms with Crippen LogP contribution in [0.1, 0.15) is 21.7 Å². The van der Waals surface area contributed by atoms with E-state index in [4.69, 9.17) is 9.47 Å². The number of benzene rings is 3. The fourth-order valence-corrected chi connectivity index (χ4v) is 3.96. The molecule has 0 aliphatic heterocycles. The maximum Gasteiger partial charge on any atom is 0.343 e. The van der Waals surface area contributed by atoms with E-state index in [9.17, 15) is 9.59 Å². The molecule has 10 heteroatoms. The Hall–Kier alpha value is -4.44. The number of nitrogens with one attached hydrogen (secondary N) is 1. The van der Waals surface area contributed by atoms with E-state index in [0.717, 1.165) is 17.1 Å². The molecule has 0 bridgehead atoms. The van der Waals surface area contributed by atoms with Gasteiger partial charge in [-0.15, -0.1) is 10.2 Å². The van der Waals surface area contributed by atoms with Gasteiger partial charge in [0.1, 0.15) is 17.3 Å². The van der Waals surface area contributed by atoms with Crippen molar-refractivity contribution in [3.8, 4) is 17.2 Å². The number of hydrogen-bond donors (Lipinski definition) is 1. The van der Waals surface area contributed by atoms with Crippen molar-refractivity contribution in [1.82, 2.24) is 20.2 Å². The number of esters is 1. The molecule has 0 aliphatic rings. The summed E-state index contributed by atoms with van der Waals surface area (Å²) in [4.78, 5) is 24.5. The van der Waals surface area contributed by atoms with Gasteiger partial charge in [0.15, 0.2) is 5.16 Å². The van der Waals surface area contributed by atoms with Crippen molar-refractivity contribution in [3.63, 3.8) is 0 Å². The highest BCUT2D eigenvalue weighted by molar-refractivity contribution is 7.99. The Morgan fingerprint density at radius 3 is 2.36 bits per heavy atom. The van der Waals surface area contributed by atoms with Crippen LogP contribution in [-0.4, -0.2) is 45.7 Å². The smallest absolute Gasteiger partial charge is 0.343 e. The summed E-state index contributed by atoms with van der Waals surface area (Å²) >= 11 is 1.27. The molecule has 1 amide bonds. The summed E-state index contributed by atoms with van der Waals surface area (Å²) in [7, 11) is 1.56. The van der Waals surface area contributed by atoms with Crippen LogP contribution >= 0.6 is 11.8 Å². The van der Waals surface area contributed by atoms with Crippen LogP contribution in [0.15, 0.2) is 89.1 Å². The van der Waals surface area contributed by atoms with E-state index in [1.54, 1.807) is 55.6 Å². The van der Waals surface area contributed by atoms with Crippen molar-refractivity contribution in [1.29, 1.82) is 0 Å². The number of methoxy groups -OCH3 is 1. The number of thioether (sulfide) groups is 1. The van der Waals surface area contributed by atoms with Crippen molar-refractivity contribution in [2.75, 3.05) is 12.9 Å². The average Bonchev–Trinajstić information content (AvgIpc) is 3.29. The molecule has 0 aliphatic carbocycles. The summed E-state index contributed by atoms with van der Waals surface area (Å²) in [6.45, 7) is 1.86. The molecular formula is C26H23N5O4S. The summed E-state index contributed by atoms with van der Waals surface area (Å²) in [6, 6.07) is 23.1. The van der Waals surface area contributed by atoms with Gasteiger partial charge < -0.3 is 9.47 Å². The second-order valence-electron chi connectivity index (χ2n) is 7.47. The third kappa shape index (κ3) is 6.36. The van der Waals surface area contributed by atoms with Crippen molar-refractivity contribution in [2.45, 2.75) is 12.1 Å². The van der Waals surface area contributed by atoms with Crippen LogP contribution in [-0.2, 0) is 4.79 Å². The van der Waals surface area contributed by atoms with Crippen LogP contribution < -0.4 is 14.9 Å². The van der Waals surface area contributed by atoms with Crippen LogP contribution in [0.25, 0.3) is 5.69 Å². The summed E-state index contributed by atoms with van der Waals surface area (Å²) < 4.78 is 12.4. The SMILES string of the molecule is COc1ccc(C(=O)Oc2ccc(/C=N\NC(=O)CSc3nnc(C)n3-c3ccccc3)cc2)cc1. The van der Waals surface area contributed by atoms with Crippen molar-refractivity contribution < 1.29 is 19.1 Å². The number of nitrogens with zero attached hydrogens (tertiary/aromatic N) is 4. The number of para-hydroxylation sites is 1. The van der Waals surface area contributed by atoms with E-state index >= 15 is 0 Å². The molecule has 182 valence electrons. The first kappa shape index (κ1) is 24.7. The van der Waals surface area contributed by atoms with Gasteiger partial charge in [0, 0.05) is 5.69 Å². The van der Waals surface area contributed by atoms with E-state index < -0.39 is 5.97 Å². The van der Waals surface area contributed by atoms with Gasteiger partial charge >= 0.3 is 5.97 Å². The molecule has 0 unspecified atom stereocenters. The number of carbonyl (C=O) groups is 2. The molecule has 0 spiro atoms. The maximum atomic E-state index is 12.3. The van der Waals surface area contributed by atoms with Gasteiger partial charge in [0.05, 0.1) is 24.6 Å². The van der Waals surface area contributed by atoms with Crippen molar-refractivity contribution >= 4 is 29.9 Å². The van der Waals surface area contributed by atoms with Crippen molar-refractivity contribution in [3.05, 3.63) is 95.8 Å². The number of carbonyl (C=O) groups excluding carboxylic acids is 2. The van der Waals surface area contributed by atoms with E-state index in [1.807, 2.05) is 41.8 Å². The molecule has 0 saturated carbocycles. The van der Waals surface area contributed by atoms with Crippen molar-refractivity contribution in [2.24, 2.45) is 5.10 Å². The summed E-state index contributed by atoms with van der Waals surface area (Å²) in [5.41, 5.74) is 4.58. The Labute approximate surface area is 212 Å².